The SMILES string of the molecule is CC1CC2CC[C@@H](C1)N2C(c1ccccc1)c1ccccc1. The molecule has 2 bridgehead atoms. The third kappa shape index (κ3) is 2.48. The first-order valence-corrected chi connectivity index (χ1v) is 8.70. The second-order valence-corrected chi connectivity index (χ2v) is 7.13. The quantitative estimate of drug-likeness (QED) is 0.766. The second kappa shape index (κ2) is 5.89. The first-order chi connectivity index (χ1) is 10.8. The second-order valence-electron chi connectivity index (χ2n) is 7.13. The molecule has 2 saturated heterocycles. The summed E-state index contributed by atoms with van der Waals surface area (Å²) in [6, 6.07) is 24.1. The van der Waals surface area contributed by atoms with Crippen molar-refractivity contribution in [3.05, 3.63) is 71.8 Å². The van der Waals surface area contributed by atoms with Crippen LogP contribution in [0.25, 0.3) is 0 Å². The van der Waals surface area contributed by atoms with Crippen molar-refractivity contribution in [3.63, 3.8) is 0 Å². The fourth-order valence-corrected chi connectivity index (χ4v) is 4.71. The molecule has 22 heavy (non-hydrogen) atoms. The Morgan fingerprint density at radius 2 is 1.23 bits per heavy atom. The Labute approximate surface area is 134 Å². The van der Waals surface area contributed by atoms with E-state index in [0.717, 1.165) is 18.0 Å². The predicted molar refractivity (Wildman–Crippen MR) is 91.8 cm³/mol. The summed E-state index contributed by atoms with van der Waals surface area (Å²) in [6.07, 6.45) is 5.50. The van der Waals surface area contributed by atoms with Crippen LogP contribution in [-0.2, 0) is 0 Å². The van der Waals surface area contributed by atoms with E-state index in [9.17, 15) is 0 Å². The Bertz CT molecular complexity index is 553. The van der Waals surface area contributed by atoms with Gasteiger partial charge in [0.25, 0.3) is 0 Å². The number of benzene rings is 2. The number of nitrogens with zero attached hydrogens (tertiary/aromatic N) is 1. The van der Waals surface area contributed by atoms with Gasteiger partial charge in [-0.3, -0.25) is 4.90 Å². The first-order valence-electron chi connectivity index (χ1n) is 8.70. The molecule has 0 radical (unpaired) electrons. The summed E-state index contributed by atoms with van der Waals surface area (Å²) < 4.78 is 0. The van der Waals surface area contributed by atoms with Crippen LogP contribution >= 0.6 is 0 Å². The number of piperidine rings is 1. The number of fused-ring (bicyclic) bond motifs is 2. The first kappa shape index (κ1) is 14.0. The molecule has 2 aromatic rings. The van der Waals surface area contributed by atoms with E-state index < -0.39 is 0 Å². The fourth-order valence-electron chi connectivity index (χ4n) is 4.71. The molecule has 3 atom stereocenters. The minimum absolute atomic E-state index is 0.424. The molecule has 4 rings (SSSR count). The lowest BCUT2D eigenvalue weighted by Gasteiger charge is -2.43. The van der Waals surface area contributed by atoms with Gasteiger partial charge in [-0.05, 0) is 42.7 Å². The average molecular weight is 291 g/mol. The molecule has 0 spiro atoms. The number of rotatable bonds is 3. The summed E-state index contributed by atoms with van der Waals surface area (Å²) in [7, 11) is 0. The van der Waals surface area contributed by atoms with E-state index in [1.807, 2.05) is 0 Å². The maximum Gasteiger partial charge on any atom is 0.0606 e. The van der Waals surface area contributed by atoms with Gasteiger partial charge in [-0.15, -0.1) is 0 Å². The lowest BCUT2D eigenvalue weighted by atomic mass is 9.87. The molecule has 0 saturated carbocycles. The van der Waals surface area contributed by atoms with Crippen molar-refractivity contribution in [2.75, 3.05) is 0 Å². The van der Waals surface area contributed by atoms with Gasteiger partial charge in [-0.1, -0.05) is 67.6 Å². The van der Waals surface area contributed by atoms with E-state index in [-0.39, 0.29) is 0 Å². The van der Waals surface area contributed by atoms with Crippen LogP contribution in [0.3, 0.4) is 0 Å². The molecule has 2 fully saturated rings. The number of hydrogen-bond donors (Lipinski definition) is 0. The molecule has 2 heterocycles. The minimum Gasteiger partial charge on any atom is -0.286 e. The van der Waals surface area contributed by atoms with Gasteiger partial charge in [-0.25, -0.2) is 0 Å². The topological polar surface area (TPSA) is 3.24 Å². The molecule has 114 valence electrons. The van der Waals surface area contributed by atoms with Crippen molar-refractivity contribution < 1.29 is 0 Å². The van der Waals surface area contributed by atoms with Crippen LogP contribution in [0.5, 0.6) is 0 Å². The molecule has 1 nitrogen and oxygen atoms in total. The molecule has 2 aliphatic rings. The van der Waals surface area contributed by atoms with Gasteiger partial charge in [0.15, 0.2) is 0 Å². The third-order valence-corrected chi connectivity index (χ3v) is 5.55. The summed E-state index contributed by atoms with van der Waals surface area (Å²) in [5, 5.41) is 0. The largest absolute Gasteiger partial charge is 0.286 e. The summed E-state index contributed by atoms with van der Waals surface area (Å²) >= 11 is 0. The highest BCUT2D eigenvalue weighted by molar-refractivity contribution is 5.33. The van der Waals surface area contributed by atoms with E-state index in [1.54, 1.807) is 0 Å². The van der Waals surface area contributed by atoms with Gasteiger partial charge in [0.1, 0.15) is 0 Å². The fraction of sp³-hybridized carbons (Fsp3) is 0.429. The van der Waals surface area contributed by atoms with Crippen molar-refractivity contribution >= 4 is 0 Å². The summed E-state index contributed by atoms with van der Waals surface area (Å²) in [5.41, 5.74) is 2.89. The van der Waals surface area contributed by atoms with Gasteiger partial charge >= 0.3 is 0 Å². The zero-order chi connectivity index (χ0) is 14.9. The summed E-state index contributed by atoms with van der Waals surface area (Å²) in [5.74, 6) is 0.890. The van der Waals surface area contributed by atoms with Crippen molar-refractivity contribution in [2.24, 2.45) is 5.92 Å². The maximum atomic E-state index is 2.84. The molecule has 1 heteroatoms. The van der Waals surface area contributed by atoms with Crippen LogP contribution < -0.4 is 0 Å². The number of hydrogen-bond acceptors (Lipinski definition) is 1. The van der Waals surface area contributed by atoms with Crippen LogP contribution in [0.15, 0.2) is 60.7 Å². The average Bonchev–Trinajstić information content (AvgIpc) is 2.81. The van der Waals surface area contributed by atoms with Gasteiger partial charge in [0.2, 0.25) is 0 Å². The highest BCUT2D eigenvalue weighted by Gasteiger charge is 2.43. The minimum atomic E-state index is 0.424. The van der Waals surface area contributed by atoms with E-state index in [4.69, 9.17) is 0 Å². The highest BCUT2D eigenvalue weighted by Crippen LogP contribution is 2.45. The van der Waals surface area contributed by atoms with E-state index in [1.165, 1.54) is 36.8 Å². The molecular formula is C21H25N. The Morgan fingerprint density at radius 1 is 0.773 bits per heavy atom. The molecule has 2 unspecified atom stereocenters. The van der Waals surface area contributed by atoms with Gasteiger partial charge in [0, 0.05) is 12.1 Å². The Morgan fingerprint density at radius 3 is 1.68 bits per heavy atom. The molecule has 2 aromatic carbocycles. The van der Waals surface area contributed by atoms with Crippen LogP contribution in [0, 0.1) is 5.92 Å². The van der Waals surface area contributed by atoms with Crippen LogP contribution in [-0.4, -0.2) is 17.0 Å². The smallest absolute Gasteiger partial charge is 0.0606 e. The van der Waals surface area contributed by atoms with Crippen molar-refractivity contribution in [2.45, 2.75) is 50.7 Å². The molecule has 0 N–H and O–H groups in total. The summed E-state index contributed by atoms with van der Waals surface area (Å²) in [4.78, 5) is 2.84. The van der Waals surface area contributed by atoms with Gasteiger partial charge in [-0.2, -0.15) is 0 Å². The summed E-state index contributed by atoms with van der Waals surface area (Å²) in [6.45, 7) is 2.43. The zero-order valence-electron chi connectivity index (χ0n) is 13.4. The molecule has 0 aliphatic carbocycles. The van der Waals surface area contributed by atoms with E-state index in [0.29, 0.717) is 6.04 Å². The lowest BCUT2D eigenvalue weighted by molar-refractivity contribution is 0.0793. The predicted octanol–water partition coefficient (Wildman–Crippen LogP) is 5.04. The molecule has 0 amide bonds. The Balaban J connectivity index is 1.76. The van der Waals surface area contributed by atoms with Crippen LogP contribution in [0.1, 0.15) is 49.8 Å². The maximum absolute atomic E-state index is 2.84. The Kier molecular flexibility index (Phi) is 3.75. The lowest BCUT2D eigenvalue weighted by Crippen LogP contribution is -2.44. The van der Waals surface area contributed by atoms with E-state index >= 15 is 0 Å². The van der Waals surface area contributed by atoms with Gasteiger partial charge in [0.05, 0.1) is 6.04 Å². The molecular weight excluding hydrogens is 266 g/mol. The van der Waals surface area contributed by atoms with Crippen molar-refractivity contribution in [1.82, 2.24) is 4.90 Å². The van der Waals surface area contributed by atoms with Crippen LogP contribution in [0.2, 0.25) is 0 Å². The van der Waals surface area contributed by atoms with Gasteiger partial charge < -0.3 is 0 Å². The standard InChI is InChI=1S/C21H25N/c1-16-14-19-12-13-20(15-16)22(19)21(17-8-4-2-5-9-17)18-10-6-3-7-11-18/h2-11,16,19-21H,12-15H2,1H3/t16?,19-,20?/m0/s1. The van der Waals surface area contributed by atoms with E-state index in [2.05, 4.69) is 72.5 Å². The monoisotopic (exact) mass is 291 g/mol. The van der Waals surface area contributed by atoms with Crippen molar-refractivity contribution in [1.29, 1.82) is 0 Å². The van der Waals surface area contributed by atoms with Crippen LogP contribution in [0.4, 0.5) is 0 Å². The highest BCUT2D eigenvalue weighted by atomic mass is 15.2. The third-order valence-electron chi connectivity index (χ3n) is 5.55. The normalized spacial score (nSPS) is 28.2. The molecule has 2 aliphatic heterocycles. The van der Waals surface area contributed by atoms with Crippen molar-refractivity contribution in [3.8, 4) is 0 Å². The Hall–Kier alpha value is -1.60. The zero-order valence-corrected chi connectivity index (χ0v) is 13.4. The molecule has 0 aromatic heterocycles.